The fraction of sp³-hybridized carbons (Fsp3) is 0.0952. The fourth-order valence-electron chi connectivity index (χ4n) is 2.65. The van der Waals surface area contributed by atoms with E-state index in [1.165, 1.54) is 18.2 Å². The van der Waals surface area contributed by atoms with Gasteiger partial charge < -0.3 is 5.32 Å². The molecule has 3 aromatic rings. The number of halogens is 2. The third-order valence-electron chi connectivity index (χ3n) is 4.43. The highest BCUT2D eigenvalue weighted by Gasteiger charge is 2.21. The van der Waals surface area contributed by atoms with Crippen molar-refractivity contribution in [1.82, 2.24) is 0 Å². The lowest BCUT2D eigenvalue weighted by molar-refractivity contribution is 0.102. The molecule has 0 aromatic heterocycles. The molecule has 5 nitrogen and oxygen atoms in total. The normalized spacial score (nSPS) is 11.2. The molecule has 3 aromatic carbocycles. The molecule has 0 aliphatic rings. The zero-order chi connectivity index (χ0) is 21.2. The smallest absolute Gasteiger partial charge is 0.263 e. The Morgan fingerprint density at radius 1 is 1.00 bits per heavy atom. The van der Waals surface area contributed by atoms with E-state index in [0.717, 1.165) is 14.7 Å². The quantitative estimate of drug-likeness (QED) is 0.413. The van der Waals surface area contributed by atoms with Crippen molar-refractivity contribution in [2.24, 2.45) is 0 Å². The predicted octanol–water partition coefficient (Wildman–Crippen LogP) is 5.61. The van der Waals surface area contributed by atoms with Gasteiger partial charge in [-0.25, -0.2) is 8.42 Å². The molecule has 0 saturated carbocycles. The van der Waals surface area contributed by atoms with Gasteiger partial charge in [0.1, 0.15) is 4.90 Å². The van der Waals surface area contributed by atoms with Crippen LogP contribution in [-0.4, -0.2) is 14.3 Å². The molecule has 0 atom stereocenters. The Balaban J connectivity index is 1.90. The van der Waals surface area contributed by atoms with Crippen LogP contribution in [0.25, 0.3) is 0 Å². The van der Waals surface area contributed by atoms with Crippen molar-refractivity contribution >= 4 is 61.5 Å². The number of sulfonamides is 1. The van der Waals surface area contributed by atoms with Crippen LogP contribution in [0.15, 0.2) is 65.6 Å². The van der Waals surface area contributed by atoms with Crippen molar-refractivity contribution < 1.29 is 13.2 Å². The van der Waals surface area contributed by atoms with Crippen LogP contribution in [0.3, 0.4) is 0 Å². The van der Waals surface area contributed by atoms with Gasteiger partial charge in [-0.05, 0) is 96.1 Å². The molecule has 8 heteroatoms. The molecule has 150 valence electrons. The maximum atomic E-state index is 12.9. The molecule has 0 unspecified atom stereocenters. The van der Waals surface area contributed by atoms with E-state index < -0.39 is 15.9 Å². The highest BCUT2D eigenvalue weighted by atomic mass is 127. The number of hydrogen-bond donors (Lipinski definition) is 2. The fourth-order valence-corrected chi connectivity index (χ4v) is 4.66. The van der Waals surface area contributed by atoms with Crippen molar-refractivity contribution in [3.05, 3.63) is 85.9 Å². The first-order chi connectivity index (χ1) is 13.7. The molecule has 0 radical (unpaired) electrons. The first-order valence-corrected chi connectivity index (χ1v) is 11.6. The zero-order valence-electron chi connectivity index (χ0n) is 15.7. The van der Waals surface area contributed by atoms with E-state index in [1.54, 1.807) is 24.3 Å². The van der Waals surface area contributed by atoms with Crippen molar-refractivity contribution in [3.8, 4) is 0 Å². The maximum absolute atomic E-state index is 12.9. The van der Waals surface area contributed by atoms with E-state index in [4.69, 9.17) is 11.6 Å². The minimum atomic E-state index is -3.98. The van der Waals surface area contributed by atoms with Gasteiger partial charge in [0.15, 0.2) is 0 Å². The van der Waals surface area contributed by atoms with Gasteiger partial charge in [-0.2, -0.15) is 0 Å². The summed E-state index contributed by atoms with van der Waals surface area (Å²) in [7, 11) is -3.98. The summed E-state index contributed by atoms with van der Waals surface area (Å²) >= 11 is 8.32. The Hall–Kier alpha value is -2.10. The van der Waals surface area contributed by atoms with Gasteiger partial charge in [0.25, 0.3) is 15.9 Å². The zero-order valence-corrected chi connectivity index (χ0v) is 19.4. The number of amides is 1. The molecule has 0 fully saturated rings. The van der Waals surface area contributed by atoms with Gasteiger partial charge in [-0.1, -0.05) is 23.7 Å². The summed E-state index contributed by atoms with van der Waals surface area (Å²) in [6.07, 6.45) is 0. The summed E-state index contributed by atoms with van der Waals surface area (Å²) in [6.45, 7) is 3.73. The van der Waals surface area contributed by atoms with E-state index >= 15 is 0 Å². The predicted molar refractivity (Wildman–Crippen MR) is 125 cm³/mol. The van der Waals surface area contributed by atoms with Gasteiger partial charge in [0, 0.05) is 14.8 Å². The second-order valence-corrected chi connectivity index (χ2v) is 9.76. The first kappa shape index (κ1) is 21.6. The largest absolute Gasteiger partial charge is 0.322 e. The summed E-state index contributed by atoms with van der Waals surface area (Å²) in [6, 6.07) is 16.8. The van der Waals surface area contributed by atoms with Crippen molar-refractivity contribution in [3.63, 3.8) is 0 Å². The summed E-state index contributed by atoms with van der Waals surface area (Å²) in [5, 5.41) is 2.79. The van der Waals surface area contributed by atoms with Crippen LogP contribution < -0.4 is 10.0 Å². The third-order valence-corrected chi connectivity index (χ3v) is 7.00. The first-order valence-electron chi connectivity index (χ1n) is 8.63. The number of aryl methyl sites for hydroxylation is 1. The molecular weight excluding hydrogens is 523 g/mol. The lowest BCUT2D eigenvalue weighted by Gasteiger charge is -2.14. The van der Waals surface area contributed by atoms with Gasteiger partial charge in [0.05, 0.1) is 10.7 Å². The van der Waals surface area contributed by atoms with Crippen LogP contribution in [0.1, 0.15) is 21.5 Å². The second-order valence-electron chi connectivity index (χ2n) is 6.46. The number of rotatable bonds is 5. The topological polar surface area (TPSA) is 75.3 Å². The van der Waals surface area contributed by atoms with Crippen LogP contribution in [0, 0.1) is 17.4 Å². The highest BCUT2D eigenvalue weighted by Crippen LogP contribution is 2.27. The van der Waals surface area contributed by atoms with Crippen molar-refractivity contribution in [2.75, 3.05) is 10.0 Å². The molecule has 29 heavy (non-hydrogen) atoms. The van der Waals surface area contributed by atoms with Gasteiger partial charge in [-0.3, -0.25) is 9.52 Å². The third kappa shape index (κ3) is 5.09. The van der Waals surface area contributed by atoms with E-state index in [9.17, 15) is 13.2 Å². The molecule has 0 spiro atoms. The SMILES string of the molecule is Cc1cccc(NS(=O)(=O)c2cc(C(=O)Nc3ccc(I)cc3)ccc2Cl)c1C. The summed E-state index contributed by atoms with van der Waals surface area (Å²) < 4.78 is 29.5. The van der Waals surface area contributed by atoms with Gasteiger partial charge in [-0.15, -0.1) is 0 Å². The van der Waals surface area contributed by atoms with Crippen molar-refractivity contribution in [1.29, 1.82) is 0 Å². The minimum absolute atomic E-state index is 0.0358. The average molecular weight is 541 g/mol. The lowest BCUT2D eigenvalue weighted by Crippen LogP contribution is -2.17. The van der Waals surface area contributed by atoms with E-state index in [-0.39, 0.29) is 15.5 Å². The summed E-state index contributed by atoms with van der Waals surface area (Å²) in [5.41, 5.74) is 3.05. The van der Waals surface area contributed by atoms with Crippen LogP contribution in [0.2, 0.25) is 5.02 Å². The Kier molecular flexibility index (Phi) is 6.50. The highest BCUT2D eigenvalue weighted by molar-refractivity contribution is 14.1. The summed E-state index contributed by atoms with van der Waals surface area (Å²) in [4.78, 5) is 12.4. The minimum Gasteiger partial charge on any atom is -0.322 e. The summed E-state index contributed by atoms with van der Waals surface area (Å²) in [5.74, 6) is -0.425. The maximum Gasteiger partial charge on any atom is 0.263 e. The lowest BCUT2D eigenvalue weighted by atomic mass is 10.1. The number of benzene rings is 3. The molecule has 2 N–H and O–H groups in total. The van der Waals surface area contributed by atoms with Crippen LogP contribution in [-0.2, 0) is 10.0 Å². The Bertz CT molecular complexity index is 1180. The Morgan fingerprint density at radius 3 is 2.38 bits per heavy atom. The molecule has 0 bridgehead atoms. The number of nitrogens with one attached hydrogen (secondary N) is 2. The number of carbonyl (C=O) groups is 1. The molecule has 0 saturated heterocycles. The van der Waals surface area contributed by atoms with E-state index in [0.29, 0.717) is 11.4 Å². The standard InChI is InChI=1S/C21H18ClIN2O3S/c1-13-4-3-5-19(14(13)2)25-29(27,28)20-12-15(6-11-18(20)22)21(26)24-17-9-7-16(23)8-10-17/h3-12,25H,1-2H3,(H,24,26). The van der Waals surface area contributed by atoms with Crippen LogP contribution in [0.4, 0.5) is 11.4 Å². The number of carbonyl (C=O) groups excluding carboxylic acids is 1. The van der Waals surface area contributed by atoms with Gasteiger partial charge in [0.2, 0.25) is 0 Å². The molecule has 0 aliphatic carbocycles. The molecule has 0 aliphatic heterocycles. The molecule has 3 rings (SSSR count). The number of hydrogen-bond acceptors (Lipinski definition) is 3. The molecule has 0 heterocycles. The molecular formula is C21H18ClIN2O3S. The van der Waals surface area contributed by atoms with Crippen LogP contribution >= 0.6 is 34.2 Å². The monoisotopic (exact) mass is 540 g/mol. The molecule has 1 amide bonds. The van der Waals surface area contributed by atoms with Gasteiger partial charge >= 0.3 is 0 Å². The Morgan fingerprint density at radius 2 is 1.69 bits per heavy atom. The second kappa shape index (κ2) is 8.73. The van der Waals surface area contributed by atoms with Crippen molar-refractivity contribution in [2.45, 2.75) is 18.7 Å². The van der Waals surface area contributed by atoms with Crippen LogP contribution in [0.5, 0.6) is 0 Å². The average Bonchev–Trinajstić information content (AvgIpc) is 2.67. The van der Waals surface area contributed by atoms with E-state index in [2.05, 4.69) is 32.6 Å². The number of anilines is 2. The Labute approximate surface area is 188 Å². The van der Waals surface area contributed by atoms with E-state index in [1.807, 2.05) is 32.0 Å².